The number of thiazole rings is 2. The number of hydrogen-bond donors (Lipinski definition) is 1. The number of nitrogens with zero attached hydrogens (tertiary/aromatic N) is 3. The van der Waals surface area contributed by atoms with Gasteiger partial charge in [0.25, 0.3) is 0 Å². The van der Waals surface area contributed by atoms with Gasteiger partial charge in [0, 0.05) is 23.5 Å². The van der Waals surface area contributed by atoms with Gasteiger partial charge in [-0.2, -0.15) is 0 Å². The second-order valence-electron chi connectivity index (χ2n) is 5.40. The van der Waals surface area contributed by atoms with Crippen LogP contribution in [-0.2, 0) is 0 Å². The monoisotopic (exact) mass is 352 g/mol. The molecule has 6 heteroatoms. The number of benzene rings is 1. The molecule has 1 N–H and O–H groups in total. The molecule has 4 nitrogen and oxygen atoms in total. The van der Waals surface area contributed by atoms with Gasteiger partial charge in [0.05, 0.1) is 27.0 Å². The van der Waals surface area contributed by atoms with Crippen molar-refractivity contribution in [2.75, 3.05) is 5.32 Å². The minimum atomic E-state index is 0.896. The van der Waals surface area contributed by atoms with Crippen molar-refractivity contribution < 1.29 is 0 Å². The van der Waals surface area contributed by atoms with Gasteiger partial charge in [-0.15, -0.1) is 22.7 Å². The zero-order valence-electron chi connectivity index (χ0n) is 13.4. The highest BCUT2D eigenvalue weighted by Gasteiger charge is 2.13. The molecular formula is C18H16N4S2. The largest absolute Gasteiger partial charge is 0.330 e. The molecule has 0 aliphatic rings. The van der Waals surface area contributed by atoms with E-state index in [1.165, 1.54) is 4.88 Å². The van der Waals surface area contributed by atoms with E-state index < -0.39 is 0 Å². The Labute approximate surface area is 148 Å². The summed E-state index contributed by atoms with van der Waals surface area (Å²) in [5.41, 5.74) is 3.16. The van der Waals surface area contributed by atoms with E-state index in [1.54, 1.807) is 22.7 Å². The predicted octanol–water partition coefficient (Wildman–Crippen LogP) is 5.42. The summed E-state index contributed by atoms with van der Waals surface area (Å²) >= 11 is 3.34. The molecule has 0 amide bonds. The van der Waals surface area contributed by atoms with Crippen LogP contribution in [-0.4, -0.2) is 14.5 Å². The molecule has 0 saturated carbocycles. The first-order chi connectivity index (χ1) is 11.7. The van der Waals surface area contributed by atoms with E-state index in [1.807, 2.05) is 49.8 Å². The molecule has 0 spiro atoms. The van der Waals surface area contributed by atoms with Crippen LogP contribution in [0.1, 0.15) is 9.88 Å². The Morgan fingerprint density at radius 1 is 1.00 bits per heavy atom. The first kappa shape index (κ1) is 15.1. The highest BCUT2D eigenvalue weighted by atomic mass is 32.1. The molecule has 0 bridgehead atoms. The number of para-hydroxylation sites is 2. The number of aromatic nitrogens is 3. The topological polar surface area (TPSA) is 42.7 Å². The smallest absolute Gasteiger partial charge is 0.188 e. The van der Waals surface area contributed by atoms with E-state index >= 15 is 0 Å². The van der Waals surface area contributed by atoms with Crippen molar-refractivity contribution in [1.29, 1.82) is 0 Å². The minimum absolute atomic E-state index is 0.896. The molecule has 0 radical (unpaired) electrons. The van der Waals surface area contributed by atoms with Crippen molar-refractivity contribution in [2.45, 2.75) is 13.8 Å². The van der Waals surface area contributed by atoms with E-state index in [9.17, 15) is 0 Å². The van der Waals surface area contributed by atoms with E-state index in [0.29, 0.717) is 0 Å². The number of hydrogen-bond acceptors (Lipinski definition) is 5. The quantitative estimate of drug-likeness (QED) is 0.533. The Morgan fingerprint density at radius 3 is 2.54 bits per heavy atom. The zero-order chi connectivity index (χ0) is 16.5. The standard InChI is InChI=1S/C18H16N4S2/c1-12-17(16-11-19-13(2)24-16)21-18(23-12)20-14-7-3-4-8-15(14)22-9-5-6-10-22/h3-11H,1-2H3,(H,20,21). The van der Waals surface area contributed by atoms with Gasteiger partial charge < -0.3 is 9.88 Å². The Balaban J connectivity index is 1.68. The lowest BCUT2D eigenvalue weighted by Gasteiger charge is -2.10. The third kappa shape index (κ3) is 2.86. The van der Waals surface area contributed by atoms with Gasteiger partial charge in [0.15, 0.2) is 5.13 Å². The Hall–Kier alpha value is -2.44. The molecule has 0 fully saturated rings. The van der Waals surface area contributed by atoms with Crippen LogP contribution in [0.5, 0.6) is 0 Å². The molecule has 3 heterocycles. The molecular weight excluding hydrogens is 336 g/mol. The number of aryl methyl sites for hydroxylation is 2. The summed E-state index contributed by atoms with van der Waals surface area (Å²) in [4.78, 5) is 11.4. The summed E-state index contributed by atoms with van der Waals surface area (Å²) in [5, 5.41) is 5.43. The first-order valence-electron chi connectivity index (χ1n) is 7.60. The van der Waals surface area contributed by atoms with Crippen LogP contribution in [0.2, 0.25) is 0 Å². The molecule has 0 aliphatic carbocycles. The summed E-state index contributed by atoms with van der Waals surface area (Å²) in [7, 11) is 0. The second kappa shape index (κ2) is 6.22. The van der Waals surface area contributed by atoms with Crippen molar-refractivity contribution in [2.24, 2.45) is 0 Å². The van der Waals surface area contributed by atoms with Gasteiger partial charge in [0.2, 0.25) is 0 Å². The lowest BCUT2D eigenvalue weighted by atomic mass is 10.2. The van der Waals surface area contributed by atoms with E-state index in [4.69, 9.17) is 4.98 Å². The van der Waals surface area contributed by atoms with Gasteiger partial charge in [-0.25, -0.2) is 9.97 Å². The lowest BCUT2D eigenvalue weighted by Crippen LogP contribution is -1.97. The molecule has 3 aromatic heterocycles. The maximum Gasteiger partial charge on any atom is 0.188 e. The molecule has 0 unspecified atom stereocenters. The third-order valence-corrected chi connectivity index (χ3v) is 5.49. The summed E-state index contributed by atoms with van der Waals surface area (Å²) in [6.07, 6.45) is 5.98. The lowest BCUT2D eigenvalue weighted by molar-refractivity contribution is 1.08. The number of nitrogens with one attached hydrogen (secondary N) is 1. The Bertz CT molecular complexity index is 967. The molecule has 120 valence electrons. The average molecular weight is 352 g/mol. The fourth-order valence-corrected chi connectivity index (χ4v) is 4.29. The number of rotatable bonds is 4. The third-order valence-electron chi connectivity index (χ3n) is 3.68. The van der Waals surface area contributed by atoms with Gasteiger partial charge >= 0.3 is 0 Å². The van der Waals surface area contributed by atoms with E-state index in [-0.39, 0.29) is 0 Å². The molecule has 4 aromatic rings. The predicted molar refractivity (Wildman–Crippen MR) is 102 cm³/mol. The SMILES string of the molecule is Cc1ncc(-c2nc(Nc3ccccc3-n3cccc3)sc2C)s1. The van der Waals surface area contributed by atoms with Crippen molar-refractivity contribution >= 4 is 33.5 Å². The highest BCUT2D eigenvalue weighted by molar-refractivity contribution is 7.17. The van der Waals surface area contributed by atoms with Gasteiger partial charge in [-0.05, 0) is 38.1 Å². The summed E-state index contributed by atoms with van der Waals surface area (Å²) in [5.74, 6) is 0. The molecule has 0 aliphatic heterocycles. The van der Waals surface area contributed by atoms with Crippen LogP contribution in [0.4, 0.5) is 10.8 Å². The average Bonchev–Trinajstić information content (AvgIpc) is 3.29. The zero-order valence-corrected chi connectivity index (χ0v) is 15.0. The van der Waals surface area contributed by atoms with Crippen LogP contribution in [0, 0.1) is 13.8 Å². The van der Waals surface area contributed by atoms with Gasteiger partial charge in [0.1, 0.15) is 0 Å². The summed E-state index contributed by atoms with van der Waals surface area (Å²) in [6, 6.07) is 12.3. The van der Waals surface area contributed by atoms with Gasteiger partial charge in [-0.3, -0.25) is 0 Å². The fraction of sp³-hybridized carbons (Fsp3) is 0.111. The van der Waals surface area contributed by atoms with Crippen molar-refractivity contribution in [3.05, 3.63) is 64.9 Å². The molecule has 1 aromatic carbocycles. The normalized spacial score (nSPS) is 10.9. The molecule has 4 rings (SSSR count). The van der Waals surface area contributed by atoms with Crippen LogP contribution >= 0.6 is 22.7 Å². The van der Waals surface area contributed by atoms with Crippen LogP contribution in [0.15, 0.2) is 55.0 Å². The molecule has 24 heavy (non-hydrogen) atoms. The maximum atomic E-state index is 4.78. The van der Waals surface area contributed by atoms with Crippen molar-refractivity contribution in [3.8, 4) is 16.3 Å². The van der Waals surface area contributed by atoms with Crippen molar-refractivity contribution in [3.63, 3.8) is 0 Å². The van der Waals surface area contributed by atoms with Gasteiger partial charge in [-0.1, -0.05) is 12.1 Å². The molecule has 0 saturated heterocycles. The maximum absolute atomic E-state index is 4.78. The van der Waals surface area contributed by atoms with Crippen LogP contribution < -0.4 is 5.32 Å². The van der Waals surface area contributed by atoms with Crippen molar-refractivity contribution in [1.82, 2.24) is 14.5 Å². The van der Waals surface area contributed by atoms with E-state index in [0.717, 1.165) is 32.1 Å². The summed E-state index contributed by atoms with van der Waals surface area (Å²) < 4.78 is 2.09. The fourth-order valence-electron chi connectivity index (χ4n) is 2.56. The second-order valence-corrected chi connectivity index (χ2v) is 7.84. The highest BCUT2D eigenvalue weighted by Crippen LogP contribution is 2.35. The Kier molecular flexibility index (Phi) is 3.92. The van der Waals surface area contributed by atoms with Crippen LogP contribution in [0.3, 0.4) is 0 Å². The van der Waals surface area contributed by atoms with Crippen LogP contribution in [0.25, 0.3) is 16.3 Å². The van der Waals surface area contributed by atoms with E-state index in [2.05, 4.69) is 33.9 Å². The summed E-state index contributed by atoms with van der Waals surface area (Å²) in [6.45, 7) is 4.12. The Morgan fingerprint density at radius 2 is 1.79 bits per heavy atom. The molecule has 0 atom stereocenters. The number of anilines is 2. The minimum Gasteiger partial charge on any atom is -0.330 e. The first-order valence-corrected chi connectivity index (χ1v) is 9.23.